The Morgan fingerprint density at radius 1 is 1.37 bits per heavy atom. The Bertz CT molecular complexity index is 524. The van der Waals surface area contributed by atoms with E-state index in [-0.39, 0.29) is 29.1 Å². The number of carboxylic acids is 1. The molecule has 0 aliphatic carbocycles. The molecule has 0 saturated heterocycles. The summed E-state index contributed by atoms with van der Waals surface area (Å²) in [7, 11) is 0. The van der Waals surface area contributed by atoms with E-state index in [4.69, 9.17) is 21.4 Å². The number of esters is 1. The average molecular weight is 285 g/mol. The number of benzene rings is 1. The number of rotatable bonds is 5. The van der Waals surface area contributed by atoms with Gasteiger partial charge in [-0.2, -0.15) is 0 Å². The normalized spacial score (nSPS) is 11.7. The Labute approximate surface area is 115 Å². The van der Waals surface area contributed by atoms with Crippen molar-refractivity contribution in [3.8, 4) is 0 Å². The summed E-state index contributed by atoms with van der Waals surface area (Å²) in [6.45, 7) is 2.96. The molecule has 0 saturated carbocycles. The molecule has 1 aromatic rings. The highest BCUT2D eigenvalue weighted by molar-refractivity contribution is 6.31. The summed E-state index contributed by atoms with van der Waals surface area (Å²) in [6.07, 6.45) is 0. The molecule has 0 fully saturated rings. The van der Waals surface area contributed by atoms with E-state index in [1.54, 1.807) is 6.92 Å². The number of ether oxygens (including phenoxy) is 1. The molecule has 0 aliphatic heterocycles. The van der Waals surface area contributed by atoms with Gasteiger partial charge in [-0.1, -0.05) is 12.1 Å². The molecule has 1 unspecified atom stereocenters. The van der Waals surface area contributed by atoms with Crippen molar-refractivity contribution in [2.24, 2.45) is 0 Å². The van der Waals surface area contributed by atoms with Gasteiger partial charge in [0, 0.05) is 0 Å². The van der Waals surface area contributed by atoms with Crippen LogP contribution in [0.5, 0.6) is 0 Å². The number of halogens is 1. The van der Waals surface area contributed by atoms with E-state index in [2.05, 4.69) is 0 Å². The van der Waals surface area contributed by atoms with Crippen molar-refractivity contribution in [3.63, 3.8) is 0 Å². The minimum atomic E-state index is -1.28. The van der Waals surface area contributed by atoms with Crippen LogP contribution in [0.15, 0.2) is 18.2 Å². The number of aromatic carboxylic acids is 1. The van der Waals surface area contributed by atoms with Gasteiger partial charge in [-0.3, -0.25) is 4.79 Å². The van der Waals surface area contributed by atoms with Crippen molar-refractivity contribution >= 4 is 29.3 Å². The molecule has 19 heavy (non-hydrogen) atoms. The summed E-state index contributed by atoms with van der Waals surface area (Å²) in [5.74, 6) is -2.46. The van der Waals surface area contributed by atoms with Gasteiger partial charge < -0.3 is 9.84 Å². The molecule has 1 aromatic carbocycles. The highest BCUT2D eigenvalue weighted by atomic mass is 35.5. The lowest BCUT2D eigenvalue weighted by atomic mass is 9.97. The SMILES string of the molecule is CCOC(=O)c1c(C(=O)O)cccc1C(Cl)C(C)=O. The van der Waals surface area contributed by atoms with Gasteiger partial charge in [-0.15, -0.1) is 11.6 Å². The van der Waals surface area contributed by atoms with E-state index in [0.717, 1.165) is 0 Å². The second kappa shape index (κ2) is 6.33. The fraction of sp³-hybridized carbons (Fsp3) is 0.308. The van der Waals surface area contributed by atoms with Crippen molar-refractivity contribution in [1.82, 2.24) is 0 Å². The molecule has 0 heterocycles. The van der Waals surface area contributed by atoms with Crippen LogP contribution >= 0.6 is 11.6 Å². The van der Waals surface area contributed by atoms with Gasteiger partial charge in [0.2, 0.25) is 0 Å². The second-order valence-electron chi connectivity index (χ2n) is 3.77. The molecule has 102 valence electrons. The van der Waals surface area contributed by atoms with Crippen LogP contribution in [0.4, 0.5) is 0 Å². The number of hydrogen-bond acceptors (Lipinski definition) is 4. The lowest BCUT2D eigenvalue weighted by Crippen LogP contribution is -2.17. The van der Waals surface area contributed by atoms with Gasteiger partial charge in [0.1, 0.15) is 5.38 Å². The Morgan fingerprint density at radius 2 is 2.00 bits per heavy atom. The first-order chi connectivity index (χ1) is 8.90. The van der Waals surface area contributed by atoms with Crippen LogP contribution in [-0.2, 0) is 9.53 Å². The summed E-state index contributed by atoms with van der Waals surface area (Å²) in [5.41, 5.74) is -0.262. The number of Topliss-reactive ketones (excluding diaryl/α,β-unsaturated/α-hetero) is 1. The molecule has 1 rings (SSSR count). The first-order valence-corrected chi connectivity index (χ1v) is 6.01. The van der Waals surface area contributed by atoms with Crippen molar-refractivity contribution in [2.75, 3.05) is 6.61 Å². The summed E-state index contributed by atoms with van der Waals surface area (Å²) in [4.78, 5) is 34.3. The molecule has 5 nitrogen and oxygen atoms in total. The first kappa shape index (κ1) is 15.2. The van der Waals surface area contributed by atoms with E-state index >= 15 is 0 Å². The predicted molar refractivity (Wildman–Crippen MR) is 68.6 cm³/mol. The van der Waals surface area contributed by atoms with E-state index in [0.29, 0.717) is 0 Å². The van der Waals surface area contributed by atoms with Gasteiger partial charge in [-0.05, 0) is 25.5 Å². The molecule has 1 atom stereocenters. The standard InChI is InChI=1S/C13H13ClO5/c1-3-19-13(18)10-8(11(14)7(2)15)5-4-6-9(10)12(16)17/h4-6,11H,3H2,1-2H3,(H,16,17). The van der Waals surface area contributed by atoms with Gasteiger partial charge >= 0.3 is 11.9 Å². The monoisotopic (exact) mass is 284 g/mol. The fourth-order valence-electron chi connectivity index (χ4n) is 1.61. The largest absolute Gasteiger partial charge is 0.478 e. The summed E-state index contributed by atoms with van der Waals surface area (Å²) >= 11 is 5.92. The summed E-state index contributed by atoms with van der Waals surface area (Å²) in [6, 6.07) is 4.14. The minimum absolute atomic E-state index is 0.0965. The number of ketones is 1. The fourth-order valence-corrected chi connectivity index (χ4v) is 1.79. The Hall–Kier alpha value is -1.88. The number of hydrogen-bond donors (Lipinski definition) is 1. The molecule has 0 bridgehead atoms. The van der Waals surface area contributed by atoms with Crippen molar-refractivity contribution < 1.29 is 24.2 Å². The highest BCUT2D eigenvalue weighted by Crippen LogP contribution is 2.28. The van der Waals surface area contributed by atoms with E-state index < -0.39 is 17.3 Å². The van der Waals surface area contributed by atoms with Crippen LogP contribution in [0.2, 0.25) is 0 Å². The molecule has 1 N–H and O–H groups in total. The quantitative estimate of drug-likeness (QED) is 0.663. The van der Waals surface area contributed by atoms with E-state index in [9.17, 15) is 14.4 Å². The number of carbonyl (C=O) groups is 3. The third kappa shape index (κ3) is 3.32. The van der Waals surface area contributed by atoms with Crippen molar-refractivity contribution in [3.05, 3.63) is 34.9 Å². The molecular formula is C13H13ClO5. The summed E-state index contributed by atoms with van der Waals surface area (Å²) < 4.78 is 4.82. The van der Waals surface area contributed by atoms with Crippen molar-refractivity contribution in [1.29, 1.82) is 0 Å². The van der Waals surface area contributed by atoms with E-state index in [1.807, 2.05) is 0 Å². The van der Waals surface area contributed by atoms with Gasteiger partial charge in [0.15, 0.2) is 5.78 Å². The third-order valence-corrected chi connectivity index (χ3v) is 2.98. The Kier molecular flexibility index (Phi) is 5.06. The predicted octanol–water partition coefficient (Wildman–Crippen LogP) is 2.43. The first-order valence-electron chi connectivity index (χ1n) is 5.58. The number of carbonyl (C=O) groups excluding carboxylic acids is 2. The smallest absolute Gasteiger partial charge is 0.339 e. The summed E-state index contributed by atoms with van der Waals surface area (Å²) in [5, 5.41) is 8.01. The van der Waals surface area contributed by atoms with Crippen LogP contribution in [0.3, 0.4) is 0 Å². The highest BCUT2D eigenvalue weighted by Gasteiger charge is 2.26. The molecule has 0 aromatic heterocycles. The lowest BCUT2D eigenvalue weighted by Gasteiger charge is -2.14. The molecule has 0 amide bonds. The zero-order valence-corrected chi connectivity index (χ0v) is 11.2. The van der Waals surface area contributed by atoms with Crippen LogP contribution < -0.4 is 0 Å². The van der Waals surface area contributed by atoms with E-state index in [1.165, 1.54) is 25.1 Å². The zero-order chi connectivity index (χ0) is 14.6. The maximum Gasteiger partial charge on any atom is 0.339 e. The molecule has 0 spiro atoms. The average Bonchev–Trinajstić information content (AvgIpc) is 2.36. The van der Waals surface area contributed by atoms with Crippen LogP contribution in [0.25, 0.3) is 0 Å². The van der Waals surface area contributed by atoms with Crippen LogP contribution in [0.1, 0.15) is 45.5 Å². The second-order valence-corrected chi connectivity index (χ2v) is 4.21. The topological polar surface area (TPSA) is 80.7 Å². The van der Waals surface area contributed by atoms with Gasteiger partial charge in [0.05, 0.1) is 17.7 Å². The molecule has 6 heteroatoms. The molecule has 0 aliphatic rings. The van der Waals surface area contributed by atoms with Gasteiger partial charge in [-0.25, -0.2) is 9.59 Å². The number of carboxylic acid groups (broad SMARTS) is 1. The van der Waals surface area contributed by atoms with Crippen LogP contribution in [0, 0.1) is 0 Å². The third-order valence-electron chi connectivity index (χ3n) is 2.44. The molecule has 0 radical (unpaired) electrons. The van der Waals surface area contributed by atoms with Crippen molar-refractivity contribution in [2.45, 2.75) is 19.2 Å². The van der Waals surface area contributed by atoms with Gasteiger partial charge in [0.25, 0.3) is 0 Å². The Morgan fingerprint density at radius 3 is 2.47 bits per heavy atom. The zero-order valence-electron chi connectivity index (χ0n) is 10.5. The maximum absolute atomic E-state index is 11.9. The number of alkyl halides is 1. The minimum Gasteiger partial charge on any atom is -0.478 e. The Balaban J connectivity index is 3.46. The lowest BCUT2D eigenvalue weighted by molar-refractivity contribution is -0.116. The van der Waals surface area contributed by atoms with Crippen LogP contribution in [-0.4, -0.2) is 29.4 Å². The molecular weight excluding hydrogens is 272 g/mol. The maximum atomic E-state index is 11.9.